The standard InChI is InChI=1S/C16H16O5S/c1-21-13-7-9-14(10-8-13)22(19,20)15(16(17)18)11-12-5-3-2-4-6-12/h2-10,15H,11H2,1H3,(H,17,18)/t15-/m1/s1. The minimum absolute atomic E-state index is 0.0309. The van der Waals surface area contributed by atoms with Gasteiger partial charge in [-0.05, 0) is 29.8 Å². The number of rotatable bonds is 6. The van der Waals surface area contributed by atoms with Crippen molar-refractivity contribution >= 4 is 15.8 Å². The number of aliphatic carboxylic acids is 1. The van der Waals surface area contributed by atoms with Crippen LogP contribution in [0.4, 0.5) is 0 Å². The second kappa shape index (κ2) is 6.62. The van der Waals surface area contributed by atoms with Crippen LogP contribution in [0, 0.1) is 0 Å². The van der Waals surface area contributed by atoms with E-state index in [0.29, 0.717) is 11.3 Å². The molecule has 2 aromatic carbocycles. The summed E-state index contributed by atoms with van der Waals surface area (Å²) in [7, 11) is -2.51. The van der Waals surface area contributed by atoms with Crippen molar-refractivity contribution in [2.24, 2.45) is 0 Å². The molecule has 22 heavy (non-hydrogen) atoms. The molecule has 0 saturated carbocycles. The van der Waals surface area contributed by atoms with Gasteiger partial charge in [-0.15, -0.1) is 0 Å². The summed E-state index contributed by atoms with van der Waals surface area (Å²) in [5.74, 6) is -0.853. The SMILES string of the molecule is COc1ccc(S(=O)(=O)[C@H](Cc2ccccc2)C(=O)O)cc1. The van der Waals surface area contributed by atoms with Gasteiger partial charge in [-0.25, -0.2) is 8.42 Å². The number of carboxylic acid groups (broad SMARTS) is 1. The Kier molecular flexibility index (Phi) is 4.82. The van der Waals surface area contributed by atoms with Crippen LogP contribution in [0.2, 0.25) is 0 Å². The Morgan fingerprint density at radius 3 is 2.18 bits per heavy atom. The van der Waals surface area contributed by atoms with Crippen molar-refractivity contribution < 1.29 is 23.1 Å². The third-order valence-electron chi connectivity index (χ3n) is 3.30. The van der Waals surface area contributed by atoms with Crippen molar-refractivity contribution in [3.63, 3.8) is 0 Å². The van der Waals surface area contributed by atoms with E-state index in [1.165, 1.54) is 31.4 Å². The van der Waals surface area contributed by atoms with Crippen LogP contribution in [0.3, 0.4) is 0 Å². The molecule has 0 aliphatic heterocycles. The molecule has 6 heteroatoms. The highest BCUT2D eigenvalue weighted by molar-refractivity contribution is 7.92. The fourth-order valence-corrected chi connectivity index (χ4v) is 3.61. The van der Waals surface area contributed by atoms with Crippen molar-refractivity contribution in [3.8, 4) is 5.75 Å². The molecule has 2 rings (SSSR count). The molecule has 2 aromatic rings. The molecule has 0 unspecified atom stereocenters. The van der Waals surface area contributed by atoms with Crippen LogP contribution in [0.1, 0.15) is 5.56 Å². The van der Waals surface area contributed by atoms with E-state index in [1.54, 1.807) is 30.3 Å². The Labute approximate surface area is 129 Å². The predicted octanol–water partition coefficient (Wildman–Crippen LogP) is 2.16. The fourth-order valence-electron chi connectivity index (χ4n) is 2.09. The van der Waals surface area contributed by atoms with Gasteiger partial charge in [0.2, 0.25) is 0 Å². The van der Waals surface area contributed by atoms with Crippen molar-refractivity contribution in [3.05, 3.63) is 60.2 Å². The summed E-state index contributed by atoms with van der Waals surface area (Å²) < 4.78 is 30.1. The maximum absolute atomic E-state index is 12.6. The molecule has 0 amide bonds. The molecule has 0 aliphatic carbocycles. The zero-order valence-corrected chi connectivity index (χ0v) is 12.8. The predicted molar refractivity (Wildman–Crippen MR) is 81.7 cm³/mol. The molecule has 0 saturated heterocycles. The van der Waals surface area contributed by atoms with Gasteiger partial charge >= 0.3 is 5.97 Å². The third kappa shape index (κ3) is 3.46. The van der Waals surface area contributed by atoms with Gasteiger partial charge in [0, 0.05) is 6.42 Å². The molecule has 0 fully saturated rings. The number of hydrogen-bond acceptors (Lipinski definition) is 4. The first kappa shape index (κ1) is 16.0. The Bertz CT molecular complexity index is 736. The van der Waals surface area contributed by atoms with E-state index in [1.807, 2.05) is 0 Å². The van der Waals surface area contributed by atoms with Crippen molar-refractivity contribution in [1.82, 2.24) is 0 Å². The third-order valence-corrected chi connectivity index (χ3v) is 5.35. The number of methoxy groups -OCH3 is 1. The first-order chi connectivity index (χ1) is 10.4. The van der Waals surface area contributed by atoms with Crippen molar-refractivity contribution in [2.45, 2.75) is 16.6 Å². The Balaban J connectivity index is 2.35. The molecule has 0 aliphatic rings. The minimum atomic E-state index is -3.98. The molecule has 0 radical (unpaired) electrons. The lowest BCUT2D eigenvalue weighted by molar-refractivity contribution is -0.136. The number of sulfone groups is 1. The summed E-state index contributed by atoms with van der Waals surface area (Å²) in [5, 5.41) is 7.80. The van der Waals surface area contributed by atoms with E-state index >= 15 is 0 Å². The van der Waals surface area contributed by atoms with Crippen molar-refractivity contribution in [2.75, 3.05) is 7.11 Å². The van der Waals surface area contributed by atoms with E-state index in [0.717, 1.165) is 0 Å². The van der Waals surface area contributed by atoms with Crippen LogP contribution in [-0.4, -0.2) is 31.9 Å². The summed E-state index contributed by atoms with van der Waals surface area (Å²) in [4.78, 5) is 11.4. The number of ether oxygens (including phenoxy) is 1. The van der Waals surface area contributed by atoms with Crippen LogP contribution >= 0.6 is 0 Å². The van der Waals surface area contributed by atoms with Gasteiger partial charge in [0.25, 0.3) is 0 Å². The van der Waals surface area contributed by atoms with Gasteiger partial charge in [0.15, 0.2) is 15.1 Å². The molecule has 5 nitrogen and oxygen atoms in total. The van der Waals surface area contributed by atoms with Crippen LogP contribution in [0.25, 0.3) is 0 Å². The van der Waals surface area contributed by atoms with Gasteiger partial charge < -0.3 is 9.84 Å². The van der Waals surface area contributed by atoms with E-state index in [9.17, 15) is 18.3 Å². The van der Waals surface area contributed by atoms with Gasteiger partial charge in [0.05, 0.1) is 12.0 Å². The van der Waals surface area contributed by atoms with E-state index < -0.39 is 21.1 Å². The Hall–Kier alpha value is -2.34. The van der Waals surface area contributed by atoms with Gasteiger partial charge in [0.1, 0.15) is 5.75 Å². The first-order valence-corrected chi connectivity index (χ1v) is 8.14. The summed E-state index contributed by atoms with van der Waals surface area (Å²) >= 11 is 0. The molecule has 0 bridgehead atoms. The summed E-state index contributed by atoms with van der Waals surface area (Å²) in [6.45, 7) is 0. The second-order valence-corrected chi connectivity index (χ2v) is 6.87. The highest BCUT2D eigenvalue weighted by Gasteiger charge is 2.34. The molecule has 1 N–H and O–H groups in total. The normalized spacial score (nSPS) is 12.6. The molecule has 1 atom stereocenters. The fraction of sp³-hybridized carbons (Fsp3) is 0.188. The van der Waals surface area contributed by atoms with Gasteiger partial charge in [-0.1, -0.05) is 30.3 Å². The molecular weight excluding hydrogens is 304 g/mol. The van der Waals surface area contributed by atoms with Crippen LogP contribution in [0.5, 0.6) is 5.75 Å². The number of carbonyl (C=O) groups is 1. The molecule has 0 aromatic heterocycles. The lowest BCUT2D eigenvalue weighted by Crippen LogP contribution is -2.32. The molecule has 0 heterocycles. The molecular formula is C16H16O5S. The minimum Gasteiger partial charge on any atom is -0.497 e. The maximum Gasteiger partial charge on any atom is 0.322 e. The molecule has 0 spiro atoms. The first-order valence-electron chi connectivity index (χ1n) is 6.60. The lowest BCUT2D eigenvalue weighted by Gasteiger charge is -2.14. The zero-order valence-electron chi connectivity index (χ0n) is 12.0. The Morgan fingerprint density at radius 2 is 1.68 bits per heavy atom. The number of carboxylic acids is 1. The van der Waals surface area contributed by atoms with Gasteiger partial charge in [-0.2, -0.15) is 0 Å². The van der Waals surface area contributed by atoms with E-state index in [2.05, 4.69) is 0 Å². The number of benzene rings is 2. The van der Waals surface area contributed by atoms with Crippen LogP contribution in [0.15, 0.2) is 59.5 Å². The average Bonchev–Trinajstić information content (AvgIpc) is 2.53. The van der Waals surface area contributed by atoms with E-state index in [4.69, 9.17) is 4.74 Å². The summed E-state index contributed by atoms with van der Waals surface area (Å²) in [6, 6.07) is 14.4. The van der Waals surface area contributed by atoms with Crippen LogP contribution < -0.4 is 4.74 Å². The summed E-state index contributed by atoms with van der Waals surface area (Å²) in [5.41, 5.74) is 0.659. The highest BCUT2D eigenvalue weighted by atomic mass is 32.2. The monoisotopic (exact) mass is 320 g/mol. The molecule has 116 valence electrons. The zero-order chi connectivity index (χ0) is 16.2. The lowest BCUT2D eigenvalue weighted by atomic mass is 10.1. The highest BCUT2D eigenvalue weighted by Crippen LogP contribution is 2.22. The Morgan fingerprint density at radius 1 is 1.09 bits per heavy atom. The van der Waals surface area contributed by atoms with Crippen LogP contribution in [-0.2, 0) is 21.1 Å². The average molecular weight is 320 g/mol. The maximum atomic E-state index is 12.6. The largest absolute Gasteiger partial charge is 0.497 e. The second-order valence-electron chi connectivity index (χ2n) is 4.74. The smallest absolute Gasteiger partial charge is 0.322 e. The quantitative estimate of drug-likeness (QED) is 0.882. The number of hydrogen-bond donors (Lipinski definition) is 1. The van der Waals surface area contributed by atoms with E-state index in [-0.39, 0.29) is 11.3 Å². The van der Waals surface area contributed by atoms with Crippen molar-refractivity contribution in [1.29, 1.82) is 0 Å². The summed E-state index contributed by atoms with van der Waals surface area (Å²) in [6.07, 6.45) is -0.0788. The topological polar surface area (TPSA) is 80.7 Å². The van der Waals surface area contributed by atoms with Gasteiger partial charge in [-0.3, -0.25) is 4.79 Å².